The first-order valence-corrected chi connectivity index (χ1v) is 7.42. The number of benzene rings is 1. The smallest absolute Gasteiger partial charge is 0.271 e. The van der Waals surface area contributed by atoms with E-state index in [-0.39, 0.29) is 5.91 Å². The zero-order valence-electron chi connectivity index (χ0n) is 13.5. The molecule has 0 atom stereocenters. The van der Waals surface area contributed by atoms with Crippen molar-refractivity contribution in [2.45, 2.75) is 27.7 Å². The molecule has 1 aromatic carbocycles. The van der Waals surface area contributed by atoms with E-state index in [2.05, 4.69) is 40.7 Å². The predicted octanol–water partition coefficient (Wildman–Crippen LogP) is 3.22. The summed E-state index contributed by atoms with van der Waals surface area (Å²) in [5, 5.41) is 14.1. The summed E-state index contributed by atoms with van der Waals surface area (Å²) in [5.74, 6) is 0.829. The molecule has 2 aromatic rings. The van der Waals surface area contributed by atoms with Gasteiger partial charge in [0.15, 0.2) is 11.5 Å². The van der Waals surface area contributed by atoms with E-state index < -0.39 is 0 Å². The molecule has 22 heavy (non-hydrogen) atoms. The number of aromatic nitrogens is 2. The minimum absolute atomic E-state index is 0.195. The van der Waals surface area contributed by atoms with Crippen molar-refractivity contribution in [2.24, 2.45) is 5.92 Å². The van der Waals surface area contributed by atoms with Crippen LogP contribution in [0.4, 0.5) is 11.5 Å². The molecule has 1 aromatic heterocycles. The molecule has 2 rings (SSSR count). The lowest BCUT2D eigenvalue weighted by Crippen LogP contribution is -2.28. The Morgan fingerprint density at radius 2 is 1.91 bits per heavy atom. The monoisotopic (exact) mass is 298 g/mol. The van der Waals surface area contributed by atoms with Gasteiger partial charge in [-0.05, 0) is 49.1 Å². The first kappa shape index (κ1) is 15.9. The van der Waals surface area contributed by atoms with Crippen LogP contribution in [0.5, 0.6) is 0 Å². The normalized spacial score (nSPS) is 10.6. The van der Waals surface area contributed by atoms with Crippen LogP contribution in [0.15, 0.2) is 30.3 Å². The average Bonchev–Trinajstić information content (AvgIpc) is 2.50. The van der Waals surface area contributed by atoms with Crippen LogP contribution in [0.3, 0.4) is 0 Å². The van der Waals surface area contributed by atoms with Crippen LogP contribution in [0.1, 0.15) is 35.5 Å². The van der Waals surface area contributed by atoms with Crippen LogP contribution >= 0.6 is 0 Å². The van der Waals surface area contributed by atoms with E-state index in [0.717, 1.165) is 5.69 Å². The molecule has 0 aliphatic carbocycles. The molecular formula is C17H22N4O. The summed E-state index contributed by atoms with van der Waals surface area (Å²) in [5.41, 5.74) is 3.70. The van der Waals surface area contributed by atoms with Gasteiger partial charge < -0.3 is 10.6 Å². The van der Waals surface area contributed by atoms with Crippen LogP contribution in [0, 0.1) is 19.8 Å². The van der Waals surface area contributed by atoms with E-state index in [1.54, 1.807) is 12.1 Å². The Morgan fingerprint density at radius 1 is 1.14 bits per heavy atom. The van der Waals surface area contributed by atoms with Crippen LogP contribution in [-0.4, -0.2) is 22.6 Å². The summed E-state index contributed by atoms with van der Waals surface area (Å²) < 4.78 is 0. The lowest BCUT2D eigenvalue weighted by molar-refractivity contribution is 0.0943. The van der Waals surface area contributed by atoms with E-state index >= 15 is 0 Å². The zero-order chi connectivity index (χ0) is 16.1. The molecule has 0 spiro atoms. The fourth-order valence-corrected chi connectivity index (χ4v) is 1.93. The number of aryl methyl sites for hydroxylation is 1. The zero-order valence-corrected chi connectivity index (χ0v) is 13.5. The molecule has 0 radical (unpaired) electrons. The van der Waals surface area contributed by atoms with E-state index in [0.29, 0.717) is 24.0 Å². The number of carbonyl (C=O) groups is 1. The third-order valence-corrected chi connectivity index (χ3v) is 3.44. The molecule has 5 nitrogen and oxygen atoms in total. The Morgan fingerprint density at radius 3 is 2.55 bits per heavy atom. The van der Waals surface area contributed by atoms with Gasteiger partial charge in [-0.25, -0.2) is 0 Å². The first-order valence-electron chi connectivity index (χ1n) is 7.42. The van der Waals surface area contributed by atoms with Gasteiger partial charge in [0.1, 0.15) is 0 Å². The second-order valence-corrected chi connectivity index (χ2v) is 5.78. The highest BCUT2D eigenvalue weighted by Crippen LogP contribution is 2.21. The summed E-state index contributed by atoms with van der Waals surface area (Å²) in [7, 11) is 0. The van der Waals surface area contributed by atoms with E-state index in [4.69, 9.17) is 0 Å². The number of nitrogens with zero attached hydrogens (tertiary/aromatic N) is 2. The van der Waals surface area contributed by atoms with Crippen molar-refractivity contribution >= 4 is 17.4 Å². The number of amides is 1. The third kappa shape index (κ3) is 4.04. The second-order valence-electron chi connectivity index (χ2n) is 5.78. The van der Waals surface area contributed by atoms with Crippen LogP contribution in [0.2, 0.25) is 0 Å². The molecule has 0 bridgehead atoms. The van der Waals surface area contributed by atoms with Crippen molar-refractivity contribution < 1.29 is 4.79 Å². The minimum atomic E-state index is -0.195. The molecule has 0 saturated carbocycles. The van der Waals surface area contributed by atoms with Crippen LogP contribution in [-0.2, 0) is 0 Å². The lowest BCUT2D eigenvalue weighted by Gasteiger charge is -2.11. The number of hydrogen-bond donors (Lipinski definition) is 2. The van der Waals surface area contributed by atoms with Gasteiger partial charge in [-0.15, -0.1) is 10.2 Å². The number of carbonyl (C=O) groups excluding carboxylic acids is 1. The van der Waals surface area contributed by atoms with Crippen molar-refractivity contribution in [1.82, 2.24) is 15.5 Å². The van der Waals surface area contributed by atoms with Gasteiger partial charge in [-0.3, -0.25) is 4.79 Å². The number of anilines is 2. The van der Waals surface area contributed by atoms with Gasteiger partial charge in [0.2, 0.25) is 0 Å². The summed E-state index contributed by atoms with van der Waals surface area (Å²) >= 11 is 0. The van der Waals surface area contributed by atoms with E-state index in [1.807, 2.05) is 26.0 Å². The molecular weight excluding hydrogens is 276 g/mol. The lowest BCUT2D eigenvalue weighted by atomic mass is 10.1. The maximum atomic E-state index is 11.9. The maximum Gasteiger partial charge on any atom is 0.271 e. The van der Waals surface area contributed by atoms with Gasteiger partial charge >= 0.3 is 0 Å². The molecule has 1 heterocycles. The quantitative estimate of drug-likeness (QED) is 0.889. The van der Waals surface area contributed by atoms with Crippen molar-refractivity contribution in [2.75, 3.05) is 11.9 Å². The van der Waals surface area contributed by atoms with Crippen molar-refractivity contribution in [3.63, 3.8) is 0 Å². The molecule has 116 valence electrons. The highest BCUT2D eigenvalue weighted by molar-refractivity contribution is 5.92. The summed E-state index contributed by atoms with van der Waals surface area (Å²) in [6.07, 6.45) is 0. The Balaban J connectivity index is 2.06. The Hall–Kier alpha value is -2.43. The van der Waals surface area contributed by atoms with Gasteiger partial charge in [0, 0.05) is 12.2 Å². The SMILES string of the molecule is Cc1cccc(Nc2ccc(C(=O)NCC(C)C)nn2)c1C. The highest BCUT2D eigenvalue weighted by Gasteiger charge is 2.09. The molecule has 2 N–H and O–H groups in total. The molecule has 0 aliphatic rings. The van der Waals surface area contributed by atoms with Gasteiger partial charge in [-0.1, -0.05) is 26.0 Å². The Labute approximate surface area is 131 Å². The summed E-state index contributed by atoms with van der Waals surface area (Å²) in [6.45, 7) is 8.84. The largest absolute Gasteiger partial charge is 0.350 e. The Kier molecular flexibility index (Phi) is 5.09. The van der Waals surface area contributed by atoms with Crippen LogP contribution < -0.4 is 10.6 Å². The average molecular weight is 298 g/mol. The topological polar surface area (TPSA) is 66.9 Å². The number of rotatable bonds is 5. The fraction of sp³-hybridized carbons (Fsp3) is 0.353. The van der Waals surface area contributed by atoms with Crippen molar-refractivity contribution in [3.05, 3.63) is 47.2 Å². The molecule has 1 amide bonds. The molecule has 0 saturated heterocycles. The molecule has 0 unspecified atom stereocenters. The minimum Gasteiger partial charge on any atom is -0.350 e. The predicted molar refractivity (Wildman–Crippen MR) is 88.4 cm³/mol. The number of hydrogen-bond acceptors (Lipinski definition) is 4. The Bertz CT molecular complexity index is 650. The molecule has 5 heteroatoms. The molecule has 0 aliphatic heterocycles. The standard InChI is InChI=1S/C17H22N4O/c1-11(2)10-18-17(22)15-8-9-16(21-20-15)19-14-7-5-6-12(3)13(14)4/h5-9,11H,10H2,1-4H3,(H,18,22)(H,19,21). The first-order chi connectivity index (χ1) is 10.5. The summed E-state index contributed by atoms with van der Waals surface area (Å²) in [4.78, 5) is 11.9. The van der Waals surface area contributed by atoms with Crippen molar-refractivity contribution in [3.8, 4) is 0 Å². The van der Waals surface area contributed by atoms with Crippen LogP contribution in [0.25, 0.3) is 0 Å². The third-order valence-electron chi connectivity index (χ3n) is 3.44. The fourth-order valence-electron chi connectivity index (χ4n) is 1.93. The molecule has 0 fully saturated rings. The number of nitrogens with one attached hydrogen (secondary N) is 2. The maximum absolute atomic E-state index is 11.9. The van der Waals surface area contributed by atoms with E-state index in [9.17, 15) is 4.79 Å². The highest BCUT2D eigenvalue weighted by atomic mass is 16.1. The summed E-state index contributed by atoms with van der Waals surface area (Å²) in [6, 6.07) is 9.49. The van der Waals surface area contributed by atoms with Gasteiger partial charge in [0.05, 0.1) is 0 Å². The van der Waals surface area contributed by atoms with Gasteiger partial charge in [-0.2, -0.15) is 0 Å². The van der Waals surface area contributed by atoms with Gasteiger partial charge in [0.25, 0.3) is 5.91 Å². The van der Waals surface area contributed by atoms with E-state index in [1.165, 1.54) is 11.1 Å². The second kappa shape index (κ2) is 7.02. The van der Waals surface area contributed by atoms with Crippen molar-refractivity contribution in [1.29, 1.82) is 0 Å².